The molecule has 0 radical (unpaired) electrons. The summed E-state index contributed by atoms with van der Waals surface area (Å²) < 4.78 is 37.3. The average Bonchev–Trinajstić information content (AvgIpc) is 2.34. The molecule has 444 valence electrons. The van der Waals surface area contributed by atoms with Gasteiger partial charge in [-0.1, -0.05) is 0 Å². The van der Waals surface area contributed by atoms with Crippen molar-refractivity contribution in [1.29, 1.82) is 0 Å². The van der Waals surface area contributed by atoms with Crippen LogP contribution in [0.4, 0.5) is 0 Å². The summed E-state index contributed by atoms with van der Waals surface area (Å²) in [5.41, 5.74) is 1.67. The minimum atomic E-state index is -3.32. The Balaban J connectivity index is 1.43. The molecule has 0 fully saturated rings. The van der Waals surface area contributed by atoms with Crippen LogP contribution >= 0.6 is 51.1 Å². The monoisotopic (exact) mass is 1860 g/mol. The van der Waals surface area contributed by atoms with Crippen LogP contribution in [-0.2, 0) is 28.8 Å². The van der Waals surface area contributed by atoms with E-state index in [-0.39, 0.29) is 33.4 Å². The summed E-state index contributed by atoms with van der Waals surface area (Å²) in [6, 6.07) is 52.1. The van der Waals surface area contributed by atoms with Gasteiger partial charge in [0.25, 0.3) is 0 Å². The minimum absolute atomic E-state index is 0.279. The van der Waals surface area contributed by atoms with E-state index in [0.717, 1.165) is 29.4 Å². The number of esters is 6. The fraction of sp³-hybridized carbons (Fsp3) is 0.0909. The van der Waals surface area contributed by atoms with Crippen molar-refractivity contribution in [2.45, 2.75) is 70.9 Å². The number of hydrogen-bond donors (Lipinski definition) is 0. The zero-order chi connectivity index (χ0) is 62.9. The van der Waals surface area contributed by atoms with Crippen molar-refractivity contribution in [1.82, 2.24) is 0 Å². The van der Waals surface area contributed by atoms with Gasteiger partial charge in [-0.05, 0) is 0 Å². The second-order valence-corrected chi connectivity index (χ2v) is 72.9. The van der Waals surface area contributed by atoms with Gasteiger partial charge in [-0.25, -0.2) is 0 Å². The predicted octanol–water partition coefficient (Wildman–Crippen LogP) is 14.4. The average molecular weight is 1860 g/mol. The fourth-order valence-corrected chi connectivity index (χ4v) is 73.3. The Morgan fingerprint density at radius 1 is 0.253 bits per heavy atom. The maximum atomic E-state index is 12.6. The van der Waals surface area contributed by atoms with Gasteiger partial charge in [-0.2, -0.15) is 0 Å². The van der Waals surface area contributed by atoms with Crippen LogP contribution < -0.4 is 38.2 Å². The molecule has 0 N–H and O–H groups in total. The molecule has 0 aliphatic rings. The molecule has 0 aromatic heterocycles. The predicted molar refractivity (Wildman–Crippen MR) is 359 cm³/mol. The van der Waals surface area contributed by atoms with Crippen LogP contribution in [0.3, 0.4) is 0 Å². The van der Waals surface area contributed by atoms with Gasteiger partial charge in [0.05, 0.1) is 0 Å². The first kappa shape index (κ1) is 69.0. The number of rotatable bonds is 27. The SMILES string of the molecule is C=C(C)C(=O)Oc1ccc([S][Bi]([S]c2ccc(OC(=O)C(=C)C)cc2)[c]2c[c]([Bi]([S]c3ccc(OC(=O)C(=C)C)cc3)[S]c3ccc(OC(=O)C(=C)C)cc3)c[c]([Bi]([S]c3ccc(OC(=O)C(=C)C)cc3)[S]c3ccc(OC(=O)C(=C)C)cc3)c2)cc1. The van der Waals surface area contributed by atoms with Crippen molar-refractivity contribution in [2.24, 2.45) is 0 Å². The first-order valence-corrected chi connectivity index (χ1v) is 61.4. The summed E-state index contributed by atoms with van der Waals surface area (Å²) >= 11 is -9.96. The Bertz CT molecular complexity index is 3160. The fourth-order valence-electron chi connectivity index (χ4n) is 6.42. The Labute approximate surface area is 546 Å². The van der Waals surface area contributed by atoms with Crippen molar-refractivity contribution in [3.05, 3.63) is 237 Å². The molecule has 0 spiro atoms. The van der Waals surface area contributed by atoms with Gasteiger partial charge in [-0.3, -0.25) is 0 Å². The van der Waals surface area contributed by atoms with Crippen molar-refractivity contribution < 1.29 is 57.2 Å². The van der Waals surface area contributed by atoms with E-state index in [0.29, 0.717) is 34.5 Å². The van der Waals surface area contributed by atoms with Crippen LogP contribution in [0.25, 0.3) is 0 Å². The molecule has 12 nitrogen and oxygen atoms in total. The van der Waals surface area contributed by atoms with Crippen LogP contribution in [0, 0.1) is 0 Å². The molecule has 0 atom stereocenters. The summed E-state index contributed by atoms with van der Waals surface area (Å²) in [5, 5.41) is 0. The summed E-state index contributed by atoms with van der Waals surface area (Å²) in [6.45, 7) is 32.0. The Hall–Kier alpha value is -5.45. The van der Waals surface area contributed by atoms with E-state index in [1.807, 2.05) is 124 Å². The summed E-state index contributed by atoms with van der Waals surface area (Å²) in [7, 11) is 10.9. The van der Waals surface area contributed by atoms with E-state index in [2.05, 4.69) is 57.7 Å². The van der Waals surface area contributed by atoms with E-state index in [9.17, 15) is 28.8 Å². The molecule has 87 heavy (non-hydrogen) atoms. The van der Waals surface area contributed by atoms with Gasteiger partial charge in [0.1, 0.15) is 0 Å². The van der Waals surface area contributed by atoms with Crippen LogP contribution in [0.15, 0.2) is 266 Å². The van der Waals surface area contributed by atoms with Crippen molar-refractivity contribution in [3.8, 4) is 34.5 Å². The summed E-state index contributed by atoms with van der Waals surface area (Å²) in [6.07, 6.45) is 0. The van der Waals surface area contributed by atoms with Gasteiger partial charge < -0.3 is 0 Å². The van der Waals surface area contributed by atoms with Crippen LogP contribution in [0.1, 0.15) is 41.5 Å². The number of benzene rings is 7. The third-order valence-electron chi connectivity index (χ3n) is 10.9. The summed E-state index contributed by atoms with van der Waals surface area (Å²) in [4.78, 5) is 81.3. The Morgan fingerprint density at radius 3 is 0.494 bits per heavy atom. The Morgan fingerprint density at radius 2 is 0.379 bits per heavy atom. The molecule has 0 saturated heterocycles. The maximum absolute atomic E-state index is 12.6. The van der Waals surface area contributed by atoms with E-state index in [1.165, 1.54) is 9.81 Å². The number of hydrogen-bond acceptors (Lipinski definition) is 18. The van der Waals surface area contributed by atoms with Crippen LogP contribution in [0.5, 0.6) is 34.5 Å². The molecule has 7 aromatic rings. The van der Waals surface area contributed by atoms with Gasteiger partial charge in [-0.15, -0.1) is 0 Å². The molecule has 0 heterocycles. The third kappa shape index (κ3) is 21.9. The molecule has 0 aliphatic heterocycles. The molecule has 0 bridgehead atoms. The van der Waals surface area contributed by atoms with E-state index >= 15 is 0 Å². The first-order valence-electron chi connectivity index (χ1n) is 25.9. The topological polar surface area (TPSA) is 158 Å². The molecule has 0 unspecified atom stereocenters. The molecule has 21 heteroatoms. The quantitative estimate of drug-likeness (QED) is 0.0207. The zero-order valence-electron chi connectivity index (χ0n) is 48.0. The van der Waals surface area contributed by atoms with E-state index in [1.54, 1.807) is 114 Å². The molecule has 7 rings (SSSR count). The normalized spacial score (nSPS) is 10.9. The van der Waals surface area contributed by atoms with Crippen LogP contribution in [0.2, 0.25) is 0 Å². The second-order valence-electron chi connectivity index (χ2n) is 18.9. The molecular formula is C66H57Bi3O12S6. The molecule has 7 aromatic carbocycles. The summed E-state index contributed by atoms with van der Waals surface area (Å²) in [5.74, 6) is -0.804. The van der Waals surface area contributed by atoms with Crippen molar-refractivity contribution >= 4 is 153 Å². The van der Waals surface area contributed by atoms with Gasteiger partial charge in [0.2, 0.25) is 0 Å². The number of carbonyl (C=O) groups is 6. The Kier molecular flexibility index (Phi) is 26.5. The van der Waals surface area contributed by atoms with E-state index in [4.69, 9.17) is 28.4 Å². The van der Waals surface area contributed by atoms with Crippen molar-refractivity contribution in [2.75, 3.05) is 0 Å². The van der Waals surface area contributed by atoms with E-state index < -0.39 is 92.3 Å². The second kappa shape index (κ2) is 33.4. The third-order valence-corrected chi connectivity index (χ3v) is 72.0. The van der Waals surface area contributed by atoms with Crippen molar-refractivity contribution in [3.63, 3.8) is 0 Å². The zero-order valence-corrected chi connectivity index (χ0v) is 63.4. The number of ether oxygens (including phenoxy) is 6. The molecular weight excluding hydrogens is 1800 g/mol. The van der Waals surface area contributed by atoms with Gasteiger partial charge in [0.15, 0.2) is 0 Å². The van der Waals surface area contributed by atoms with Gasteiger partial charge in [0, 0.05) is 0 Å². The molecule has 0 amide bonds. The molecule has 0 aliphatic carbocycles. The first-order chi connectivity index (χ1) is 41.4. The molecule has 0 saturated carbocycles. The van der Waals surface area contributed by atoms with Crippen LogP contribution in [-0.4, -0.2) is 92.3 Å². The standard InChI is InChI=1S/6C10H10O2S.C6H3.3Bi/c6*1-7(2)10(11)12-8-3-5-9(13)6-4-8;1-2-4-6-5-3-1;;;/h6*3-6,13H,1H2,2H3;1,4-5H;;;/q;;;;;;;3*+2/p-6. The van der Waals surface area contributed by atoms with Gasteiger partial charge >= 0.3 is 553 Å². The number of carbonyl (C=O) groups excluding carboxylic acids is 6.